The predicted octanol–water partition coefficient (Wildman–Crippen LogP) is 3.04. The van der Waals surface area contributed by atoms with Gasteiger partial charge in [-0.3, -0.25) is 9.78 Å². The molecule has 4 nitrogen and oxygen atoms in total. The van der Waals surface area contributed by atoms with Gasteiger partial charge in [0, 0.05) is 23.5 Å². The topological polar surface area (TPSA) is 71.8 Å². The molecule has 3 N–H and O–H groups in total. The third kappa shape index (κ3) is 2.79. The van der Waals surface area contributed by atoms with Crippen molar-refractivity contribution in [3.05, 3.63) is 54.2 Å². The van der Waals surface area contributed by atoms with Crippen LogP contribution in [-0.2, 0) is 11.2 Å². The van der Waals surface area contributed by atoms with Crippen LogP contribution in [0, 0.1) is 0 Å². The highest BCUT2D eigenvalue weighted by Crippen LogP contribution is 2.30. The van der Waals surface area contributed by atoms with Crippen molar-refractivity contribution in [3.8, 4) is 11.4 Å². The van der Waals surface area contributed by atoms with E-state index in [0.29, 0.717) is 6.42 Å². The normalized spacial score (nSPS) is 10.9. The van der Waals surface area contributed by atoms with Crippen molar-refractivity contribution in [3.63, 3.8) is 0 Å². The molecule has 0 saturated heterocycles. The number of pyridine rings is 1. The Balaban J connectivity index is 2.04. The maximum Gasteiger partial charge on any atom is 0.217 e. The van der Waals surface area contributed by atoms with Crippen LogP contribution in [0.4, 0.5) is 0 Å². The van der Waals surface area contributed by atoms with Crippen molar-refractivity contribution in [2.45, 2.75) is 19.3 Å². The van der Waals surface area contributed by atoms with Gasteiger partial charge in [-0.1, -0.05) is 24.3 Å². The standard InChI is InChI=1S/C17H17N3O/c18-16(21)10-5-7-13-12-6-1-2-8-14(12)20-17(13)15-9-3-4-11-19-15/h1-4,6,8-9,11,20H,5,7,10H2,(H2,18,21). The Kier molecular flexibility index (Phi) is 3.69. The molecule has 0 aliphatic heterocycles. The van der Waals surface area contributed by atoms with Gasteiger partial charge in [0.1, 0.15) is 0 Å². The number of hydrogen-bond acceptors (Lipinski definition) is 2. The van der Waals surface area contributed by atoms with Crippen LogP contribution < -0.4 is 5.73 Å². The zero-order valence-electron chi connectivity index (χ0n) is 11.7. The van der Waals surface area contributed by atoms with E-state index >= 15 is 0 Å². The highest BCUT2D eigenvalue weighted by molar-refractivity contribution is 5.90. The second kappa shape index (κ2) is 5.79. The predicted molar refractivity (Wildman–Crippen MR) is 83.7 cm³/mol. The molecule has 0 unspecified atom stereocenters. The number of aromatic amines is 1. The number of carbonyl (C=O) groups excluding carboxylic acids is 1. The lowest BCUT2D eigenvalue weighted by atomic mass is 10.0. The largest absolute Gasteiger partial charge is 0.370 e. The molecule has 21 heavy (non-hydrogen) atoms. The molecule has 1 amide bonds. The van der Waals surface area contributed by atoms with Crippen LogP contribution in [0.5, 0.6) is 0 Å². The summed E-state index contributed by atoms with van der Waals surface area (Å²) in [6.07, 6.45) is 3.74. The number of fused-ring (bicyclic) bond motifs is 1. The average molecular weight is 279 g/mol. The lowest BCUT2D eigenvalue weighted by molar-refractivity contribution is -0.118. The fraction of sp³-hybridized carbons (Fsp3) is 0.176. The van der Waals surface area contributed by atoms with Crippen LogP contribution in [0.25, 0.3) is 22.3 Å². The number of aromatic nitrogens is 2. The first-order valence-corrected chi connectivity index (χ1v) is 7.05. The van der Waals surface area contributed by atoms with E-state index in [9.17, 15) is 4.79 Å². The Labute approximate surface area is 123 Å². The number of rotatable bonds is 5. The molecule has 0 bridgehead atoms. The SMILES string of the molecule is NC(=O)CCCc1c(-c2ccccn2)[nH]c2ccccc12. The van der Waals surface area contributed by atoms with Gasteiger partial charge >= 0.3 is 0 Å². The zero-order valence-corrected chi connectivity index (χ0v) is 11.7. The quantitative estimate of drug-likeness (QED) is 0.753. The summed E-state index contributed by atoms with van der Waals surface area (Å²) in [7, 11) is 0. The number of primary amides is 1. The monoisotopic (exact) mass is 279 g/mol. The van der Waals surface area contributed by atoms with E-state index in [2.05, 4.69) is 22.1 Å². The molecule has 0 fully saturated rings. The molecule has 1 aromatic carbocycles. The summed E-state index contributed by atoms with van der Waals surface area (Å²) in [5.74, 6) is -0.255. The molecule has 0 saturated carbocycles. The molecule has 4 heteroatoms. The van der Waals surface area contributed by atoms with E-state index < -0.39 is 0 Å². The van der Waals surface area contributed by atoms with E-state index in [1.807, 2.05) is 30.3 Å². The minimum atomic E-state index is -0.255. The Morgan fingerprint density at radius 3 is 2.71 bits per heavy atom. The molecule has 2 heterocycles. The van der Waals surface area contributed by atoms with Crippen molar-refractivity contribution in [2.24, 2.45) is 5.73 Å². The highest BCUT2D eigenvalue weighted by atomic mass is 16.1. The third-order valence-electron chi connectivity index (χ3n) is 3.58. The van der Waals surface area contributed by atoms with Gasteiger partial charge in [0.05, 0.1) is 11.4 Å². The van der Waals surface area contributed by atoms with Gasteiger partial charge in [-0.2, -0.15) is 0 Å². The van der Waals surface area contributed by atoms with E-state index in [1.54, 1.807) is 6.20 Å². The molecule has 0 atom stereocenters. The summed E-state index contributed by atoms with van der Waals surface area (Å²) in [6.45, 7) is 0. The molecule has 0 radical (unpaired) electrons. The molecule has 0 aliphatic rings. The smallest absolute Gasteiger partial charge is 0.217 e. The van der Waals surface area contributed by atoms with Crippen LogP contribution in [0.2, 0.25) is 0 Å². The maximum absolute atomic E-state index is 10.9. The lowest BCUT2D eigenvalue weighted by Gasteiger charge is -2.04. The van der Waals surface area contributed by atoms with Crippen LogP contribution >= 0.6 is 0 Å². The fourth-order valence-corrected chi connectivity index (χ4v) is 2.63. The molecular weight excluding hydrogens is 262 g/mol. The summed E-state index contributed by atoms with van der Waals surface area (Å²) in [5, 5.41) is 1.18. The van der Waals surface area contributed by atoms with E-state index in [1.165, 1.54) is 10.9 Å². The van der Waals surface area contributed by atoms with Gasteiger partial charge in [-0.15, -0.1) is 0 Å². The van der Waals surface area contributed by atoms with E-state index in [-0.39, 0.29) is 5.91 Å². The van der Waals surface area contributed by atoms with Gasteiger partial charge in [0.15, 0.2) is 0 Å². The van der Waals surface area contributed by atoms with Gasteiger partial charge in [0.2, 0.25) is 5.91 Å². The number of nitrogens with zero attached hydrogens (tertiary/aromatic N) is 1. The van der Waals surface area contributed by atoms with Gasteiger partial charge in [-0.05, 0) is 36.6 Å². The highest BCUT2D eigenvalue weighted by Gasteiger charge is 2.13. The van der Waals surface area contributed by atoms with Gasteiger partial charge in [0.25, 0.3) is 0 Å². The Bertz CT molecular complexity index is 762. The van der Waals surface area contributed by atoms with Crippen molar-refractivity contribution in [2.75, 3.05) is 0 Å². The Hall–Kier alpha value is -2.62. The Morgan fingerprint density at radius 1 is 1.14 bits per heavy atom. The van der Waals surface area contributed by atoms with Crippen molar-refractivity contribution in [1.82, 2.24) is 9.97 Å². The minimum absolute atomic E-state index is 0.255. The Morgan fingerprint density at radius 2 is 1.95 bits per heavy atom. The van der Waals surface area contributed by atoms with Gasteiger partial charge < -0.3 is 10.7 Å². The van der Waals surface area contributed by atoms with Gasteiger partial charge in [-0.25, -0.2) is 0 Å². The minimum Gasteiger partial charge on any atom is -0.370 e. The van der Waals surface area contributed by atoms with Crippen LogP contribution in [0.3, 0.4) is 0 Å². The number of nitrogens with one attached hydrogen (secondary N) is 1. The first kappa shape index (κ1) is 13.4. The molecular formula is C17H17N3O. The maximum atomic E-state index is 10.9. The molecule has 0 spiro atoms. The number of benzene rings is 1. The van der Waals surface area contributed by atoms with Crippen LogP contribution in [-0.4, -0.2) is 15.9 Å². The first-order valence-electron chi connectivity index (χ1n) is 7.05. The van der Waals surface area contributed by atoms with Crippen LogP contribution in [0.15, 0.2) is 48.7 Å². The number of H-pyrrole nitrogens is 1. The number of amides is 1. The summed E-state index contributed by atoms with van der Waals surface area (Å²) in [4.78, 5) is 18.8. The summed E-state index contributed by atoms with van der Waals surface area (Å²) in [6, 6.07) is 14.0. The molecule has 3 aromatic rings. The zero-order chi connectivity index (χ0) is 14.7. The van der Waals surface area contributed by atoms with Crippen molar-refractivity contribution in [1.29, 1.82) is 0 Å². The number of hydrogen-bond donors (Lipinski definition) is 2. The van der Waals surface area contributed by atoms with E-state index in [4.69, 9.17) is 5.73 Å². The summed E-state index contributed by atoms with van der Waals surface area (Å²) < 4.78 is 0. The number of para-hydroxylation sites is 1. The van der Waals surface area contributed by atoms with Crippen molar-refractivity contribution < 1.29 is 4.79 Å². The lowest BCUT2D eigenvalue weighted by Crippen LogP contribution is -2.10. The third-order valence-corrected chi connectivity index (χ3v) is 3.58. The average Bonchev–Trinajstić information content (AvgIpc) is 2.87. The fourth-order valence-electron chi connectivity index (χ4n) is 2.63. The number of aryl methyl sites for hydroxylation is 1. The van der Waals surface area contributed by atoms with Crippen molar-refractivity contribution >= 4 is 16.8 Å². The summed E-state index contributed by atoms with van der Waals surface area (Å²) >= 11 is 0. The van der Waals surface area contributed by atoms with E-state index in [0.717, 1.165) is 29.7 Å². The second-order valence-electron chi connectivity index (χ2n) is 5.06. The second-order valence-corrected chi connectivity index (χ2v) is 5.06. The first-order chi connectivity index (χ1) is 10.3. The molecule has 2 aromatic heterocycles. The molecule has 0 aliphatic carbocycles. The summed E-state index contributed by atoms with van der Waals surface area (Å²) in [5.41, 5.74) is 9.47. The molecule has 3 rings (SSSR count). The number of nitrogens with two attached hydrogens (primary N) is 1. The van der Waals surface area contributed by atoms with Crippen LogP contribution in [0.1, 0.15) is 18.4 Å². The molecule has 106 valence electrons. The number of carbonyl (C=O) groups is 1.